The van der Waals surface area contributed by atoms with E-state index in [1.165, 1.54) is 39.4 Å². The second-order valence-electron chi connectivity index (χ2n) is 5.13. The zero-order valence-electron chi connectivity index (χ0n) is 13.3. The third kappa shape index (κ3) is 9.11. The van der Waals surface area contributed by atoms with Crippen LogP contribution in [0.15, 0.2) is 0 Å². The second kappa shape index (κ2) is 14.1. The number of carboxylic acid groups (broad SMARTS) is 1. The monoisotopic (exact) mass is 701 g/mol. The summed E-state index contributed by atoms with van der Waals surface area (Å²) in [7, 11) is 1.50. The van der Waals surface area contributed by atoms with Gasteiger partial charge in [0.05, 0.1) is 0 Å². The van der Waals surface area contributed by atoms with Crippen LogP contribution in [-0.4, -0.2) is 106 Å². The first-order chi connectivity index (χ1) is 10.5. The number of hydrogen-bond acceptors (Lipinski definition) is 4. The molecule has 6 nitrogen and oxygen atoms in total. The number of nitrogens with one attached hydrogen (secondary N) is 1. The fraction of sp³-hybridized carbons (Fsp3) is 0.857. The fourth-order valence-electron chi connectivity index (χ4n) is 2.42. The predicted octanol–water partition coefficient (Wildman–Crippen LogP) is -0.130. The van der Waals surface area contributed by atoms with Crippen LogP contribution >= 0.6 is 0 Å². The van der Waals surface area contributed by atoms with Gasteiger partial charge in [-0.2, -0.15) is 0 Å². The molecule has 1 atom stereocenters. The number of carbonyl (C=O) groups excluding carboxylic acids is 1. The number of aliphatic carboxylic acids is 1. The molecule has 0 aliphatic carbocycles. The molecule has 1 unspecified atom stereocenters. The molecule has 0 saturated carbocycles. The molecular weight excluding hydrogens is 673 g/mol. The van der Waals surface area contributed by atoms with E-state index in [2.05, 4.69) is 11.1 Å². The molecule has 4 N–H and O–H groups in total. The second-order valence-corrected chi connectivity index (χ2v) is 18.3. The van der Waals surface area contributed by atoms with Crippen LogP contribution in [0.2, 0.25) is 1.04 Å². The van der Waals surface area contributed by atoms with Crippen LogP contribution < -0.4 is 11.1 Å². The summed E-state index contributed by atoms with van der Waals surface area (Å²) in [6, 6.07) is -0.554. The number of hydrogen-bond donors (Lipinski definition) is 3. The number of likely N-dealkylation sites (tertiary alicyclic amines) is 1. The summed E-state index contributed by atoms with van der Waals surface area (Å²) in [6.07, 6.45) is 6.71. The quantitative estimate of drug-likeness (QED) is 0.350. The van der Waals surface area contributed by atoms with Gasteiger partial charge in [-0.15, -0.1) is 0 Å². The number of rotatable bonds is 2. The molecule has 1 amide bonds. The molecule has 0 aromatic carbocycles. The fourth-order valence-corrected chi connectivity index (χ4v) is 3.71. The van der Waals surface area contributed by atoms with Crippen molar-refractivity contribution in [2.24, 2.45) is 5.73 Å². The van der Waals surface area contributed by atoms with Gasteiger partial charge in [0.2, 0.25) is 0 Å². The Bertz CT molecular complexity index is 315. The summed E-state index contributed by atoms with van der Waals surface area (Å²) in [6.45, 7) is 3.14. The van der Waals surface area contributed by atoms with Crippen molar-refractivity contribution in [1.29, 1.82) is 0 Å². The Balaban J connectivity index is 0.000000457. The maximum atomic E-state index is 11.7. The molecule has 0 spiro atoms. The molecule has 0 aromatic rings. The van der Waals surface area contributed by atoms with Gasteiger partial charge in [-0.25, -0.2) is 0 Å². The van der Waals surface area contributed by atoms with Crippen molar-refractivity contribution in [1.82, 2.24) is 10.2 Å². The Labute approximate surface area is 165 Å². The molecule has 124 valence electrons. The number of amides is 1. The zero-order valence-corrected chi connectivity index (χ0v) is 21.1. The standard InChI is InChI=1S/C8H11NO3.C5H11N.CH5N.2Pb/c1-6(10)9-5-3-2-4-7(9)8(11)12;1-2-4-6-5-3-1;1-2;;/h1,7H,2-5H2,(H,11,12);6H,1-5H2;2H2,1H3;;. The Morgan fingerprint density at radius 3 is 2.09 bits per heavy atom. The summed E-state index contributed by atoms with van der Waals surface area (Å²) in [5.41, 5.74) is 4.50. The van der Waals surface area contributed by atoms with Gasteiger partial charge >= 0.3 is 116 Å². The molecule has 2 aliphatic heterocycles. The van der Waals surface area contributed by atoms with Gasteiger partial charge in [0.25, 0.3) is 0 Å². The Hall–Kier alpha value is 0.704. The van der Waals surface area contributed by atoms with Crippen LogP contribution in [0, 0.1) is 0 Å². The van der Waals surface area contributed by atoms with E-state index >= 15 is 0 Å². The van der Waals surface area contributed by atoms with Gasteiger partial charge in [0, 0.05) is 0 Å². The Morgan fingerprint density at radius 2 is 1.73 bits per heavy atom. The summed E-state index contributed by atoms with van der Waals surface area (Å²) < 4.78 is 0.162. The molecular formula is C14H27N3O3Pb2. The van der Waals surface area contributed by atoms with Gasteiger partial charge in [-0.05, 0) is 33.0 Å². The predicted molar refractivity (Wildman–Crippen MR) is 89.1 cm³/mol. The van der Waals surface area contributed by atoms with E-state index < -0.39 is 12.0 Å². The molecule has 6 radical (unpaired) electrons. The molecule has 0 bridgehead atoms. The molecule has 2 fully saturated rings. The molecule has 2 rings (SSSR count). The van der Waals surface area contributed by atoms with E-state index in [1.54, 1.807) is 4.90 Å². The first-order valence-electron chi connectivity index (χ1n) is 7.78. The van der Waals surface area contributed by atoms with Gasteiger partial charge in [-0.3, -0.25) is 0 Å². The van der Waals surface area contributed by atoms with Crippen molar-refractivity contribution >= 4 is 63.4 Å². The molecule has 2 heterocycles. The number of nitrogens with two attached hydrogens (primary N) is 1. The number of carboxylic acids is 1. The van der Waals surface area contributed by atoms with E-state index in [0.29, 0.717) is 13.0 Å². The van der Waals surface area contributed by atoms with Crippen molar-refractivity contribution in [3.05, 3.63) is 0 Å². The summed E-state index contributed by atoms with van der Waals surface area (Å²) in [5.74, 6) is -0.766. The minimum absolute atomic E-state index is 0.0791. The minimum atomic E-state index is -0.845. The Morgan fingerprint density at radius 1 is 1.14 bits per heavy atom. The van der Waals surface area contributed by atoms with Crippen molar-refractivity contribution in [2.45, 2.75) is 45.6 Å². The topological polar surface area (TPSA) is 95.7 Å². The summed E-state index contributed by atoms with van der Waals surface area (Å²) in [4.78, 5) is 24.2. The average molecular weight is 700 g/mol. The maximum absolute atomic E-state index is 11.7. The molecule has 2 saturated heterocycles. The first kappa shape index (κ1) is 22.7. The van der Waals surface area contributed by atoms with Crippen LogP contribution in [0.25, 0.3) is 0 Å². The first-order valence-corrected chi connectivity index (χ1v) is 12.3. The molecule has 8 heteroatoms. The summed E-state index contributed by atoms with van der Waals surface area (Å²) in [5, 5.41) is 12.3. The number of carbonyl (C=O) groups is 2. The normalized spacial score (nSPS) is 21.1. The van der Waals surface area contributed by atoms with E-state index in [-0.39, 0.29) is 6.94 Å². The van der Waals surface area contributed by atoms with Crippen LogP contribution in [0.5, 0.6) is 0 Å². The van der Waals surface area contributed by atoms with Crippen molar-refractivity contribution in [3.8, 4) is 0 Å². The third-order valence-corrected chi connectivity index (χ3v) is 5.45. The zero-order chi connectivity index (χ0) is 17.0. The van der Waals surface area contributed by atoms with E-state index in [9.17, 15) is 9.59 Å². The third-order valence-electron chi connectivity index (χ3n) is 3.52. The number of nitrogens with zero attached hydrogens (tertiary/aromatic N) is 1. The van der Waals surface area contributed by atoms with Crippen molar-refractivity contribution < 1.29 is 14.7 Å². The molecule has 0 aromatic heterocycles. The van der Waals surface area contributed by atoms with Gasteiger partial charge in [-0.1, -0.05) is 6.42 Å². The Kier molecular flexibility index (Phi) is 14.5. The van der Waals surface area contributed by atoms with Crippen LogP contribution in [0.1, 0.15) is 38.5 Å². The number of piperidine rings is 2. The van der Waals surface area contributed by atoms with E-state index in [1.807, 2.05) is 0 Å². The summed E-state index contributed by atoms with van der Waals surface area (Å²) >= 11 is 1.70. The van der Waals surface area contributed by atoms with Crippen LogP contribution in [0.3, 0.4) is 0 Å². The van der Waals surface area contributed by atoms with Crippen molar-refractivity contribution in [3.63, 3.8) is 0 Å². The van der Waals surface area contributed by atoms with Crippen molar-refractivity contribution in [2.75, 3.05) is 26.7 Å². The van der Waals surface area contributed by atoms with Crippen LogP contribution in [0.4, 0.5) is 0 Å². The van der Waals surface area contributed by atoms with Gasteiger partial charge in [0.1, 0.15) is 0 Å². The average Bonchev–Trinajstić information content (AvgIpc) is 2.58. The van der Waals surface area contributed by atoms with Gasteiger partial charge < -0.3 is 11.1 Å². The van der Waals surface area contributed by atoms with Crippen LogP contribution in [-0.2, 0) is 9.59 Å². The van der Waals surface area contributed by atoms with E-state index in [4.69, 9.17) is 5.11 Å². The molecule has 22 heavy (non-hydrogen) atoms. The SMILES string of the molecule is C1CCNCC1.CN.O=C(O)C1CCCCN1C(=O)[CH]([Pb])[Pb]. The van der Waals surface area contributed by atoms with E-state index in [0.717, 1.165) is 64.4 Å². The molecule has 2 aliphatic rings. The van der Waals surface area contributed by atoms with Gasteiger partial charge in [0.15, 0.2) is 0 Å².